The van der Waals surface area contributed by atoms with Crippen LogP contribution in [0.25, 0.3) is 0 Å². The number of amides is 1. The molecule has 0 fully saturated rings. The number of methoxy groups -OCH3 is 2. The van der Waals surface area contributed by atoms with Gasteiger partial charge in [-0.2, -0.15) is 0 Å². The minimum atomic E-state index is -0.0908. The van der Waals surface area contributed by atoms with Gasteiger partial charge in [-0.15, -0.1) is 0 Å². The Morgan fingerprint density at radius 2 is 1.90 bits per heavy atom. The zero-order valence-electron chi connectivity index (χ0n) is 12.7. The summed E-state index contributed by atoms with van der Waals surface area (Å²) in [6, 6.07) is 3.30. The first-order valence-electron chi connectivity index (χ1n) is 6.60. The van der Waals surface area contributed by atoms with Crippen LogP contribution in [-0.4, -0.2) is 43.2 Å². The monoisotopic (exact) mass is 311 g/mol. The summed E-state index contributed by atoms with van der Waals surface area (Å²) in [4.78, 5) is 14.2. The van der Waals surface area contributed by atoms with Crippen molar-refractivity contribution in [2.24, 2.45) is 5.73 Å². The smallest absolute Gasteiger partial charge is 0.254 e. The Hall–Kier alpha value is -2.02. The normalized spacial score (nSPS) is 9.90. The molecule has 1 rings (SSSR count). The van der Waals surface area contributed by atoms with E-state index in [0.717, 1.165) is 0 Å². The van der Waals surface area contributed by atoms with E-state index in [9.17, 15) is 4.79 Å². The highest BCUT2D eigenvalue weighted by Gasteiger charge is 2.19. The van der Waals surface area contributed by atoms with Gasteiger partial charge < -0.3 is 25.4 Å². The molecule has 0 heterocycles. The van der Waals surface area contributed by atoms with E-state index in [2.05, 4.69) is 5.32 Å². The first-order valence-corrected chi connectivity index (χ1v) is 7.00. The molecule has 7 heteroatoms. The standard InChI is InChI=1S/C14H21N3O3S/c1-5-17(6-2)13(18)9-7-10(16-14(15)21)12(20-4)11(8-9)19-3/h7-8H,5-6H2,1-4H3,(H3,15,16,21). The van der Waals surface area contributed by atoms with Crippen molar-refractivity contribution in [1.29, 1.82) is 0 Å². The van der Waals surface area contributed by atoms with Crippen LogP contribution in [0.4, 0.5) is 5.69 Å². The summed E-state index contributed by atoms with van der Waals surface area (Å²) < 4.78 is 10.6. The van der Waals surface area contributed by atoms with Crippen molar-refractivity contribution in [1.82, 2.24) is 4.90 Å². The lowest BCUT2D eigenvalue weighted by Crippen LogP contribution is -2.30. The molecule has 6 nitrogen and oxygen atoms in total. The van der Waals surface area contributed by atoms with E-state index in [1.165, 1.54) is 14.2 Å². The van der Waals surface area contributed by atoms with Gasteiger partial charge in [-0.05, 0) is 38.2 Å². The summed E-state index contributed by atoms with van der Waals surface area (Å²) in [6.45, 7) is 5.11. The number of thiocarbonyl (C=S) groups is 1. The molecular formula is C14H21N3O3S. The predicted molar refractivity (Wildman–Crippen MR) is 87.2 cm³/mol. The van der Waals surface area contributed by atoms with E-state index in [0.29, 0.717) is 35.8 Å². The van der Waals surface area contributed by atoms with Crippen LogP contribution in [-0.2, 0) is 0 Å². The summed E-state index contributed by atoms with van der Waals surface area (Å²) >= 11 is 4.85. The Labute approximate surface area is 130 Å². The van der Waals surface area contributed by atoms with Gasteiger partial charge in [-0.25, -0.2) is 0 Å². The molecule has 1 aromatic rings. The van der Waals surface area contributed by atoms with Crippen molar-refractivity contribution in [2.75, 3.05) is 32.6 Å². The van der Waals surface area contributed by atoms with E-state index in [1.54, 1.807) is 17.0 Å². The van der Waals surface area contributed by atoms with Crippen LogP contribution in [0.5, 0.6) is 11.5 Å². The summed E-state index contributed by atoms with van der Waals surface area (Å²) in [6.07, 6.45) is 0. The molecule has 0 saturated heterocycles. The third-order valence-electron chi connectivity index (χ3n) is 3.03. The van der Waals surface area contributed by atoms with E-state index in [-0.39, 0.29) is 11.0 Å². The average molecular weight is 311 g/mol. The molecule has 0 unspecified atom stereocenters. The number of hydrogen-bond acceptors (Lipinski definition) is 4. The van der Waals surface area contributed by atoms with Crippen molar-refractivity contribution in [3.63, 3.8) is 0 Å². The number of nitrogens with two attached hydrogens (primary N) is 1. The number of anilines is 1. The molecule has 0 aliphatic heterocycles. The minimum Gasteiger partial charge on any atom is -0.493 e. The summed E-state index contributed by atoms with van der Waals surface area (Å²) in [5.74, 6) is 0.794. The average Bonchev–Trinajstić information content (AvgIpc) is 2.46. The van der Waals surface area contributed by atoms with Crippen molar-refractivity contribution in [3.05, 3.63) is 17.7 Å². The molecule has 1 amide bonds. The lowest BCUT2D eigenvalue weighted by atomic mass is 10.1. The molecule has 0 aliphatic rings. The fourth-order valence-electron chi connectivity index (χ4n) is 2.01. The van der Waals surface area contributed by atoms with Crippen molar-refractivity contribution in [3.8, 4) is 11.5 Å². The first-order chi connectivity index (χ1) is 9.98. The van der Waals surface area contributed by atoms with Gasteiger partial charge in [0.05, 0.1) is 19.9 Å². The molecule has 0 aliphatic carbocycles. The maximum absolute atomic E-state index is 12.5. The number of hydrogen-bond donors (Lipinski definition) is 2. The fourth-order valence-corrected chi connectivity index (χ4v) is 2.12. The molecule has 116 valence electrons. The topological polar surface area (TPSA) is 76.8 Å². The number of carbonyl (C=O) groups excluding carboxylic acids is 1. The molecule has 3 N–H and O–H groups in total. The Bertz CT molecular complexity index is 530. The number of nitrogens with one attached hydrogen (secondary N) is 1. The van der Waals surface area contributed by atoms with Crippen molar-refractivity contribution in [2.45, 2.75) is 13.8 Å². The second-order valence-electron chi connectivity index (χ2n) is 4.23. The van der Waals surface area contributed by atoms with Crippen LogP contribution in [0, 0.1) is 0 Å². The second-order valence-corrected chi connectivity index (χ2v) is 4.67. The molecule has 21 heavy (non-hydrogen) atoms. The highest BCUT2D eigenvalue weighted by atomic mass is 32.1. The Kier molecular flexibility index (Phi) is 6.23. The summed E-state index contributed by atoms with van der Waals surface area (Å²) in [5, 5.41) is 2.89. The van der Waals surface area contributed by atoms with Crippen LogP contribution >= 0.6 is 12.2 Å². The third-order valence-corrected chi connectivity index (χ3v) is 3.14. The van der Waals surface area contributed by atoms with Crippen LogP contribution in [0.2, 0.25) is 0 Å². The van der Waals surface area contributed by atoms with Crippen LogP contribution in [0.3, 0.4) is 0 Å². The van der Waals surface area contributed by atoms with E-state index in [1.807, 2.05) is 13.8 Å². The Balaban J connectivity index is 3.34. The predicted octanol–water partition coefficient (Wildman–Crippen LogP) is 1.84. The lowest BCUT2D eigenvalue weighted by Gasteiger charge is -2.21. The Morgan fingerprint density at radius 1 is 1.29 bits per heavy atom. The van der Waals surface area contributed by atoms with Gasteiger partial charge in [-0.3, -0.25) is 4.79 Å². The molecule has 0 aromatic heterocycles. The number of nitrogens with zero attached hydrogens (tertiary/aromatic N) is 1. The highest BCUT2D eigenvalue weighted by Crippen LogP contribution is 2.36. The number of benzene rings is 1. The summed E-state index contributed by atoms with van der Waals surface area (Å²) in [7, 11) is 3.02. The highest BCUT2D eigenvalue weighted by molar-refractivity contribution is 7.80. The molecule has 0 atom stereocenters. The molecule has 0 spiro atoms. The van der Waals surface area contributed by atoms with Gasteiger partial charge in [0.25, 0.3) is 5.91 Å². The van der Waals surface area contributed by atoms with Crippen LogP contribution in [0.15, 0.2) is 12.1 Å². The van der Waals surface area contributed by atoms with Gasteiger partial charge in [0.2, 0.25) is 0 Å². The van der Waals surface area contributed by atoms with Crippen molar-refractivity contribution < 1.29 is 14.3 Å². The van der Waals surface area contributed by atoms with Gasteiger partial charge in [0.15, 0.2) is 16.6 Å². The van der Waals surface area contributed by atoms with E-state index < -0.39 is 0 Å². The first kappa shape index (κ1) is 17.0. The maximum Gasteiger partial charge on any atom is 0.254 e. The SMILES string of the molecule is CCN(CC)C(=O)c1cc(NC(N)=S)c(OC)c(OC)c1. The quantitative estimate of drug-likeness (QED) is 0.781. The van der Waals surface area contributed by atoms with E-state index >= 15 is 0 Å². The van der Waals surface area contributed by atoms with Crippen LogP contribution in [0.1, 0.15) is 24.2 Å². The second kappa shape index (κ2) is 7.68. The Morgan fingerprint density at radius 3 is 2.33 bits per heavy atom. The lowest BCUT2D eigenvalue weighted by molar-refractivity contribution is 0.0772. The molecule has 0 bridgehead atoms. The van der Waals surface area contributed by atoms with Gasteiger partial charge >= 0.3 is 0 Å². The maximum atomic E-state index is 12.5. The fraction of sp³-hybridized carbons (Fsp3) is 0.429. The zero-order valence-corrected chi connectivity index (χ0v) is 13.5. The zero-order chi connectivity index (χ0) is 16.0. The third kappa shape index (κ3) is 3.98. The molecule has 1 aromatic carbocycles. The van der Waals surface area contributed by atoms with Gasteiger partial charge in [-0.1, -0.05) is 0 Å². The number of ether oxygens (including phenoxy) is 2. The largest absolute Gasteiger partial charge is 0.493 e. The van der Waals surface area contributed by atoms with Crippen LogP contribution < -0.4 is 20.5 Å². The minimum absolute atomic E-state index is 0.0859. The summed E-state index contributed by atoms with van der Waals surface area (Å²) in [5.41, 5.74) is 6.49. The van der Waals surface area contributed by atoms with Crippen molar-refractivity contribution >= 4 is 28.9 Å². The number of rotatable bonds is 6. The number of carbonyl (C=O) groups is 1. The van der Waals surface area contributed by atoms with E-state index in [4.69, 9.17) is 27.4 Å². The molecule has 0 radical (unpaired) electrons. The molecule has 0 saturated carbocycles. The van der Waals surface area contributed by atoms with Gasteiger partial charge in [0, 0.05) is 18.7 Å². The van der Waals surface area contributed by atoms with Gasteiger partial charge in [0.1, 0.15) is 0 Å². The molecular weight excluding hydrogens is 290 g/mol.